The molecule has 19 heavy (non-hydrogen) atoms. The van der Waals surface area contributed by atoms with Crippen LogP contribution in [0.25, 0.3) is 22.4 Å². The van der Waals surface area contributed by atoms with E-state index >= 15 is 0 Å². The predicted octanol–water partition coefficient (Wildman–Crippen LogP) is 2.29. The van der Waals surface area contributed by atoms with Crippen molar-refractivity contribution in [2.24, 2.45) is 0 Å². The van der Waals surface area contributed by atoms with Crippen LogP contribution < -0.4 is 0 Å². The molecule has 0 saturated heterocycles. The highest BCUT2D eigenvalue weighted by atomic mass is 32.2. The second-order valence-electron chi connectivity index (χ2n) is 4.15. The molecule has 0 spiro atoms. The van der Waals surface area contributed by atoms with Crippen LogP contribution in [0.3, 0.4) is 0 Å². The fourth-order valence-corrected chi connectivity index (χ4v) is 2.28. The monoisotopic (exact) mass is 274 g/mol. The molecule has 6 heteroatoms. The lowest BCUT2D eigenvalue weighted by Gasteiger charge is -1.98. The molecular formula is C13H10N2O3S. The van der Waals surface area contributed by atoms with Crippen LogP contribution in [0.5, 0.6) is 0 Å². The van der Waals surface area contributed by atoms with E-state index in [1.165, 1.54) is 6.20 Å². The number of hydrogen-bond acceptors (Lipinski definition) is 5. The van der Waals surface area contributed by atoms with Crippen molar-refractivity contribution in [1.29, 1.82) is 0 Å². The highest BCUT2D eigenvalue weighted by Crippen LogP contribution is 2.26. The van der Waals surface area contributed by atoms with Gasteiger partial charge in [0.1, 0.15) is 11.3 Å². The molecule has 0 unspecified atom stereocenters. The van der Waals surface area contributed by atoms with Crippen LogP contribution >= 0.6 is 0 Å². The Morgan fingerprint density at radius 1 is 1.16 bits per heavy atom. The van der Waals surface area contributed by atoms with Crippen molar-refractivity contribution in [2.45, 2.75) is 5.16 Å². The molecule has 0 atom stereocenters. The summed E-state index contributed by atoms with van der Waals surface area (Å²) >= 11 is 0. The maximum Gasteiger partial charge on any atom is 0.247 e. The van der Waals surface area contributed by atoms with Gasteiger partial charge in [0.15, 0.2) is 5.76 Å². The van der Waals surface area contributed by atoms with E-state index in [2.05, 4.69) is 9.97 Å². The fraction of sp³-hybridized carbons (Fsp3) is 0.0769. The highest BCUT2D eigenvalue weighted by Gasteiger charge is 2.14. The third-order valence-corrected chi connectivity index (χ3v) is 3.50. The first-order valence-corrected chi connectivity index (χ1v) is 7.45. The number of rotatable bonds is 2. The van der Waals surface area contributed by atoms with Gasteiger partial charge < -0.3 is 4.42 Å². The van der Waals surface area contributed by atoms with Crippen molar-refractivity contribution in [3.8, 4) is 11.5 Å². The first-order valence-electron chi connectivity index (χ1n) is 5.56. The summed E-state index contributed by atoms with van der Waals surface area (Å²) in [5.41, 5.74) is 1.18. The number of nitrogens with zero attached hydrogens (tertiary/aromatic N) is 2. The van der Waals surface area contributed by atoms with Gasteiger partial charge in [-0.2, -0.15) is 0 Å². The third-order valence-electron chi connectivity index (χ3n) is 2.64. The van der Waals surface area contributed by atoms with E-state index in [4.69, 9.17) is 4.42 Å². The third kappa shape index (κ3) is 2.22. The lowest BCUT2D eigenvalue weighted by Crippen LogP contribution is -2.03. The van der Waals surface area contributed by atoms with Crippen LogP contribution in [0.1, 0.15) is 0 Å². The molecule has 3 rings (SSSR count). The molecule has 2 aromatic heterocycles. The molecule has 0 radical (unpaired) electrons. The molecule has 0 fully saturated rings. The number of aromatic nitrogens is 2. The van der Waals surface area contributed by atoms with Crippen LogP contribution in [-0.4, -0.2) is 24.6 Å². The summed E-state index contributed by atoms with van der Waals surface area (Å²) in [7, 11) is -3.43. The minimum absolute atomic E-state index is 0.203. The Bertz CT molecular complexity index is 820. The molecule has 0 N–H and O–H groups in total. The molecule has 0 saturated carbocycles. The normalized spacial score (nSPS) is 11.8. The van der Waals surface area contributed by atoms with Crippen molar-refractivity contribution in [1.82, 2.24) is 9.97 Å². The standard InChI is InChI=1S/C13H10N2O3S/c1-19(16,17)13-14-7-6-10(15-13)12-8-9-4-2-3-5-11(9)18-12/h2-8H,1H3. The van der Waals surface area contributed by atoms with Crippen molar-refractivity contribution in [2.75, 3.05) is 6.26 Å². The summed E-state index contributed by atoms with van der Waals surface area (Å²) in [6, 6.07) is 11.0. The molecule has 0 aliphatic rings. The molecule has 0 aliphatic carbocycles. The largest absolute Gasteiger partial charge is 0.454 e. The number of fused-ring (bicyclic) bond motifs is 1. The van der Waals surface area contributed by atoms with Crippen LogP contribution in [-0.2, 0) is 9.84 Å². The van der Waals surface area contributed by atoms with Gasteiger partial charge in [0.25, 0.3) is 0 Å². The Morgan fingerprint density at radius 3 is 2.68 bits per heavy atom. The highest BCUT2D eigenvalue weighted by molar-refractivity contribution is 7.90. The Balaban J connectivity index is 2.16. The number of para-hydroxylation sites is 1. The van der Waals surface area contributed by atoms with Gasteiger partial charge in [-0.1, -0.05) is 18.2 Å². The maximum absolute atomic E-state index is 11.4. The quantitative estimate of drug-likeness (QED) is 0.670. The Morgan fingerprint density at radius 2 is 1.95 bits per heavy atom. The van der Waals surface area contributed by atoms with Gasteiger partial charge in [0.2, 0.25) is 15.0 Å². The molecular weight excluding hydrogens is 264 g/mol. The van der Waals surface area contributed by atoms with Crippen molar-refractivity contribution < 1.29 is 12.8 Å². The van der Waals surface area contributed by atoms with Crippen LogP contribution in [0.2, 0.25) is 0 Å². The average molecular weight is 274 g/mol. The summed E-state index contributed by atoms with van der Waals surface area (Å²) in [5, 5.41) is 0.738. The Labute approximate surface area is 109 Å². The second kappa shape index (κ2) is 4.17. The van der Waals surface area contributed by atoms with Gasteiger partial charge in [-0.15, -0.1) is 0 Å². The lowest BCUT2D eigenvalue weighted by molar-refractivity contribution is 0.591. The zero-order valence-corrected chi connectivity index (χ0v) is 10.9. The Kier molecular flexibility index (Phi) is 2.60. The SMILES string of the molecule is CS(=O)(=O)c1nccc(-c2cc3ccccc3o2)n1. The summed E-state index contributed by atoms with van der Waals surface area (Å²) in [6.07, 6.45) is 2.48. The van der Waals surface area contributed by atoms with E-state index < -0.39 is 9.84 Å². The molecule has 0 aliphatic heterocycles. The van der Waals surface area contributed by atoms with Crippen molar-refractivity contribution in [3.05, 3.63) is 42.6 Å². The fourth-order valence-electron chi connectivity index (χ4n) is 1.76. The predicted molar refractivity (Wildman–Crippen MR) is 70.3 cm³/mol. The first kappa shape index (κ1) is 11.9. The summed E-state index contributed by atoms with van der Waals surface area (Å²) in [4.78, 5) is 7.77. The number of sulfone groups is 1. The topological polar surface area (TPSA) is 73.1 Å². The second-order valence-corrected chi connectivity index (χ2v) is 6.05. The Hall–Kier alpha value is -2.21. The summed E-state index contributed by atoms with van der Waals surface area (Å²) in [6.45, 7) is 0. The molecule has 0 amide bonds. The molecule has 96 valence electrons. The van der Waals surface area contributed by atoms with E-state index in [0.717, 1.165) is 17.2 Å². The van der Waals surface area contributed by atoms with Gasteiger partial charge in [-0.3, -0.25) is 0 Å². The van der Waals surface area contributed by atoms with Crippen molar-refractivity contribution in [3.63, 3.8) is 0 Å². The number of hydrogen-bond donors (Lipinski definition) is 0. The number of benzene rings is 1. The minimum Gasteiger partial charge on any atom is -0.454 e. The minimum atomic E-state index is -3.43. The van der Waals surface area contributed by atoms with Crippen molar-refractivity contribution >= 4 is 20.8 Å². The van der Waals surface area contributed by atoms with Crippen LogP contribution in [0, 0.1) is 0 Å². The van der Waals surface area contributed by atoms with E-state index in [1.54, 1.807) is 6.07 Å². The van der Waals surface area contributed by atoms with Gasteiger partial charge in [-0.25, -0.2) is 18.4 Å². The molecule has 2 heterocycles. The lowest BCUT2D eigenvalue weighted by atomic mass is 10.2. The van der Waals surface area contributed by atoms with E-state index in [-0.39, 0.29) is 5.16 Å². The zero-order chi connectivity index (χ0) is 13.5. The summed E-state index contributed by atoms with van der Waals surface area (Å²) < 4.78 is 28.5. The van der Waals surface area contributed by atoms with Gasteiger partial charge in [-0.05, 0) is 18.2 Å². The van der Waals surface area contributed by atoms with Gasteiger partial charge >= 0.3 is 0 Å². The smallest absolute Gasteiger partial charge is 0.247 e. The van der Waals surface area contributed by atoms with Crippen LogP contribution in [0.4, 0.5) is 0 Å². The van der Waals surface area contributed by atoms with Gasteiger partial charge in [0.05, 0.1) is 0 Å². The summed E-state index contributed by atoms with van der Waals surface area (Å²) in [5.74, 6) is 0.522. The van der Waals surface area contributed by atoms with E-state index in [9.17, 15) is 8.42 Å². The van der Waals surface area contributed by atoms with Gasteiger partial charge in [0, 0.05) is 17.8 Å². The first-order chi connectivity index (χ1) is 9.04. The molecule has 3 aromatic rings. The van der Waals surface area contributed by atoms with E-state index in [1.807, 2.05) is 30.3 Å². The molecule has 1 aromatic carbocycles. The number of furan rings is 1. The van der Waals surface area contributed by atoms with E-state index in [0.29, 0.717) is 11.5 Å². The molecule has 0 bridgehead atoms. The zero-order valence-electron chi connectivity index (χ0n) is 10.1. The molecule has 5 nitrogen and oxygen atoms in total. The average Bonchev–Trinajstić information content (AvgIpc) is 2.81. The maximum atomic E-state index is 11.4. The van der Waals surface area contributed by atoms with Crippen LogP contribution in [0.15, 0.2) is 52.2 Å².